The van der Waals surface area contributed by atoms with E-state index >= 15 is 0 Å². The molecule has 6 nitrogen and oxygen atoms in total. The number of hydrogen-bond acceptors (Lipinski definition) is 6. The van der Waals surface area contributed by atoms with Crippen molar-refractivity contribution in [1.82, 2.24) is 4.98 Å². The fraction of sp³-hybridized carbons (Fsp3) is 0.0833. The summed E-state index contributed by atoms with van der Waals surface area (Å²) in [6.45, 7) is 0. The molecule has 4 aromatic rings. The molecular weight excluding hydrogens is 499 g/mol. The summed E-state index contributed by atoms with van der Waals surface area (Å²) in [7, 11) is 0. The SMILES string of the molecule is O=C(CSc1nc2ccc(N3C(=O)c4ccccc4C3=O)cc2s1)Nc1ccccc1C(F)(F)F. The Morgan fingerprint density at radius 2 is 1.63 bits per heavy atom. The summed E-state index contributed by atoms with van der Waals surface area (Å²) < 4.78 is 40.6. The zero-order valence-corrected chi connectivity index (χ0v) is 19.3. The van der Waals surface area contributed by atoms with Crippen LogP contribution >= 0.6 is 23.1 Å². The molecule has 3 amide bonds. The van der Waals surface area contributed by atoms with Crippen molar-refractivity contribution in [3.8, 4) is 0 Å². The molecule has 0 spiro atoms. The topological polar surface area (TPSA) is 79.4 Å². The first-order valence-electron chi connectivity index (χ1n) is 10.2. The second kappa shape index (κ2) is 8.82. The molecular formula is C24H14F3N3O3S2. The van der Waals surface area contributed by atoms with Crippen molar-refractivity contribution in [2.75, 3.05) is 16.0 Å². The number of para-hydroxylation sites is 1. The second-order valence-electron chi connectivity index (χ2n) is 7.50. The van der Waals surface area contributed by atoms with Gasteiger partial charge in [-0.2, -0.15) is 13.2 Å². The number of alkyl halides is 3. The molecule has 3 aromatic carbocycles. The van der Waals surface area contributed by atoms with E-state index in [-0.39, 0.29) is 11.4 Å². The third-order valence-corrected chi connectivity index (χ3v) is 7.40. The van der Waals surface area contributed by atoms with E-state index in [1.165, 1.54) is 29.5 Å². The van der Waals surface area contributed by atoms with Gasteiger partial charge in [-0.25, -0.2) is 9.88 Å². The van der Waals surface area contributed by atoms with Crippen molar-refractivity contribution >= 4 is 62.4 Å². The average Bonchev–Trinajstić information content (AvgIpc) is 3.35. The van der Waals surface area contributed by atoms with Gasteiger partial charge in [0.1, 0.15) is 0 Å². The number of halogens is 3. The van der Waals surface area contributed by atoms with Gasteiger partial charge < -0.3 is 5.32 Å². The molecule has 0 radical (unpaired) electrons. The molecule has 1 aliphatic rings. The highest BCUT2D eigenvalue weighted by molar-refractivity contribution is 8.01. The zero-order valence-electron chi connectivity index (χ0n) is 17.6. The third-order valence-electron chi connectivity index (χ3n) is 5.24. The number of nitrogens with one attached hydrogen (secondary N) is 1. The van der Waals surface area contributed by atoms with Gasteiger partial charge in [0.15, 0.2) is 4.34 Å². The lowest BCUT2D eigenvalue weighted by atomic mass is 10.1. The summed E-state index contributed by atoms with van der Waals surface area (Å²) in [5.74, 6) is -1.55. The zero-order chi connectivity index (χ0) is 24.7. The number of benzene rings is 3. The number of thioether (sulfide) groups is 1. The van der Waals surface area contributed by atoms with Crippen LogP contribution in [0, 0.1) is 0 Å². The number of imide groups is 1. The fourth-order valence-electron chi connectivity index (χ4n) is 3.67. The highest BCUT2D eigenvalue weighted by Gasteiger charge is 2.36. The standard InChI is InChI=1S/C24H14F3N3O3S2/c25-24(26,27)16-7-3-4-8-17(16)28-20(31)12-34-23-29-18-10-9-13(11-19(18)35-23)30-21(32)14-5-1-2-6-15(14)22(30)33/h1-11H,12H2,(H,28,31). The maximum absolute atomic E-state index is 13.1. The first kappa shape index (κ1) is 23.1. The number of rotatable bonds is 5. The first-order chi connectivity index (χ1) is 16.7. The predicted molar refractivity (Wildman–Crippen MR) is 128 cm³/mol. The van der Waals surface area contributed by atoms with E-state index in [0.29, 0.717) is 31.4 Å². The number of hydrogen-bond donors (Lipinski definition) is 1. The first-order valence-corrected chi connectivity index (χ1v) is 12.0. The largest absolute Gasteiger partial charge is 0.418 e. The maximum atomic E-state index is 13.1. The highest BCUT2D eigenvalue weighted by atomic mass is 32.2. The van der Waals surface area contributed by atoms with Crippen LogP contribution in [0.15, 0.2) is 71.1 Å². The van der Waals surface area contributed by atoms with Crippen molar-refractivity contribution < 1.29 is 27.6 Å². The van der Waals surface area contributed by atoms with E-state index < -0.39 is 29.5 Å². The Morgan fingerprint density at radius 3 is 2.31 bits per heavy atom. The molecule has 1 aliphatic heterocycles. The van der Waals surface area contributed by atoms with Crippen molar-refractivity contribution in [3.63, 3.8) is 0 Å². The van der Waals surface area contributed by atoms with E-state index in [4.69, 9.17) is 0 Å². The van der Waals surface area contributed by atoms with Gasteiger partial charge in [0.2, 0.25) is 5.91 Å². The Morgan fingerprint density at radius 1 is 0.971 bits per heavy atom. The molecule has 1 aromatic heterocycles. The van der Waals surface area contributed by atoms with Crippen LogP contribution in [0.3, 0.4) is 0 Å². The van der Waals surface area contributed by atoms with Gasteiger partial charge in [0.05, 0.1) is 44.0 Å². The molecule has 0 atom stereocenters. The number of carbonyl (C=O) groups is 3. The van der Waals surface area contributed by atoms with Crippen LogP contribution in [0.2, 0.25) is 0 Å². The van der Waals surface area contributed by atoms with Crippen LogP contribution in [0.1, 0.15) is 26.3 Å². The molecule has 0 fully saturated rings. The van der Waals surface area contributed by atoms with E-state index in [2.05, 4.69) is 10.3 Å². The summed E-state index contributed by atoms with van der Waals surface area (Å²) in [6.07, 6.45) is -4.58. The Bertz CT molecular complexity index is 1470. The average molecular weight is 514 g/mol. The smallest absolute Gasteiger partial charge is 0.325 e. The van der Waals surface area contributed by atoms with Crippen molar-refractivity contribution in [2.45, 2.75) is 10.5 Å². The number of thiazole rings is 1. The van der Waals surface area contributed by atoms with Crippen molar-refractivity contribution in [3.05, 3.63) is 83.4 Å². The molecule has 176 valence electrons. The lowest BCUT2D eigenvalue weighted by Crippen LogP contribution is -2.29. The highest BCUT2D eigenvalue weighted by Crippen LogP contribution is 2.36. The van der Waals surface area contributed by atoms with Gasteiger partial charge >= 0.3 is 6.18 Å². The van der Waals surface area contributed by atoms with E-state index in [1.54, 1.807) is 42.5 Å². The minimum Gasteiger partial charge on any atom is -0.325 e. The summed E-state index contributed by atoms with van der Waals surface area (Å²) >= 11 is 2.34. The van der Waals surface area contributed by atoms with Crippen LogP contribution in [0.25, 0.3) is 10.2 Å². The van der Waals surface area contributed by atoms with Gasteiger partial charge in [0.25, 0.3) is 11.8 Å². The van der Waals surface area contributed by atoms with Crippen LogP contribution < -0.4 is 10.2 Å². The third kappa shape index (κ3) is 4.40. The number of carbonyl (C=O) groups excluding carboxylic acids is 3. The number of fused-ring (bicyclic) bond motifs is 2. The molecule has 35 heavy (non-hydrogen) atoms. The normalized spacial score (nSPS) is 13.4. The summed E-state index contributed by atoms with van der Waals surface area (Å²) in [5.41, 5.74) is 0.484. The van der Waals surface area contributed by atoms with Crippen molar-refractivity contribution in [2.24, 2.45) is 0 Å². The summed E-state index contributed by atoms with van der Waals surface area (Å²) in [5, 5.41) is 2.30. The van der Waals surface area contributed by atoms with Gasteiger partial charge in [-0.1, -0.05) is 36.0 Å². The Balaban J connectivity index is 1.30. The molecule has 5 rings (SSSR count). The second-order valence-corrected chi connectivity index (χ2v) is 9.76. The predicted octanol–water partition coefficient (Wildman–Crippen LogP) is 5.85. The quantitative estimate of drug-likeness (QED) is 0.268. The van der Waals surface area contributed by atoms with E-state index in [1.807, 2.05) is 0 Å². The number of amides is 3. The van der Waals surface area contributed by atoms with E-state index in [0.717, 1.165) is 22.7 Å². The molecule has 0 saturated carbocycles. The molecule has 0 bridgehead atoms. The molecule has 11 heteroatoms. The fourth-order valence-corrected chi connectivity index (χ4v) is 5.57. The molecule has 2 heterocycles. The Kier molecular flexibility index (Phi) is 5.81. The molecule has 0 unspecified atom stereocenters. The summed E-state index contributed by atoms with van der Waals surface area (Å²) in [4.78, 5) is 43.3. The monoisotopic (exact) mass is 513 g/mol. The molecule has 0 aliphatic carbocycles. The van der Waals surface area contributed by atoms with Gasteiger partial charge in [-0.3, -0.25) is 14.4 Å². The summed E-state index contributed by atoms with van der Waals surface area (Å²) in [6, 6.07) is 16.4. The van der Waals surface area contributed by atoms with Crippen LogP contribution in [-0.2, 0) is 11.0 Å². The molecule has 0 saturated heterocycles. The van der Waals surface area contributed by atoms with Gasteiger partial charge in [-0.15, -0.1) is 11.3 Å². The van der Waals surface area contributed by atoms with E-state index in [9.17, 15) is 27.6 Å². The lowest BCUT2D eigenvalue weighted by molar-refractivity contribution is -0.137. The number of aromatic nitrogens is 1. The number of anilines is 2. The lowest BCUT2D eigenvalue weighted by Gasteiger charge is -2.13. The van der Waals surface area contributed by atoms with Crippen molar-refractivity contribution in [1.29, 1.82) is 0 Å². The Labute approximate surface area is 204 Å². The van der Waals surface area contributed by atoms with Gasteiger partial charge in [0, 0.05) is 0 Å². The maximum Gasteiger partial charge on any atom is 0.418 e. The van der Waals surface area contributed by atoms with Crippen LogP contribution in [0.4, 0.5) is 24.5 Å². The minimum atomic E-state index is -4.58. The van der Waals surface area contributed by atoms with Crippen LogP contribution in [0.5, 0.6) is 0 Å². The molecule has 1 N–H and O–H groups in total. The Hall–Kier alpha value is -3.70. The van der Waals surface area contributed by atoms with Gasteiger partial charge in [-0.05, 0) is 42.5 Å². The number of nitrogens with zero attached hydrogens (tertiary/aromatic N) is 2. The van der Waals surface area contributed by atoms with Crippen LogP contribution in [-0.4, -0.2) is 28.5 Å². The minimum absolute atomic E-state index is 0.142.